The molecule has 1 saturated heterocycles. The van der Waals surface area contributed by atoms with E-state index in [0.717, 1.165) is 32.4 Å². The molecule has 1 heterocycles. The predicted molar refractivity (Wildman–Crippen MR) is 112 cm³/mol. The zero-order chi connectivity index (χ0) is 21.9. The van der Waals surface area contributed by atoms with E-state index >= 15 is 0 Å². The molecular weight excluding hydrogens is 398 g/mol. The Morgan fingerprint density at radius 3 is 2.48 bits per heavy atom. The first kappa shape index (κ1) is 21.3. The number of nitrogens with zero attached hydrogens (tertiary/aromatic N) is 1. The predicted octanol–water partition coefficient (Wildman–Crippen LogP) is 0.502. The molecule has 0 amide bonds. The van der Waals surface area contributed by atoms with Crippen molar-refractivity contribution in [3.8, 4) is 0 Å². The second-order valence-corrected chi connectivity index (χ2v) is 11.6. The normalized spacial score (nSPS) is 61.6. The van der Waals surface area contributed by atoms with Gasteiger partial charge in [0.15, 0.2) is 0 Å². The fraction of sp³-hybridized carbons (Fsp3) is 1.00. The molecular formula is C24H39NO6. The highest BCUT2D eigenvalue weighted by molar-refractivity contribution is 5.35. The van der Waals surface area contributed by atoms with Crippen LogP contribution in [0.5, 0.6) is 0 Å². The van der Waals surface area contributed by atoms with Crippen LogP contribution in [0.25, 0.3) is 0 Å². The Hall–Kier alpha value is -0.280. The van der Waals surface area contributed by atoms with Crippen LogP contribution in [0.3, 0.4) is 0 Å². The lowest BCUT2D eigenvalue weighted by Gasteiger charge is -2.69. The van der Waals surface area contributed by atoms with Crippen LogP contribution in [0.2, 0.25) is 0 Å². The number of aliphatic hydroxyl groups is 3. The van der Waals surface area contributed by atoms with Crippen molar-refractivity contribution < 1.29 is 29.5 Å². The standard InChI is InChI=1S/C24H39NO6/c1-5-25-10-22(11-29-2)7-6-15(31-4)24-13-8-12-14(30-3)9-23(28,16(13)18(12)26)17(21(24)25)19(27)20(22)24/h12-21,26-28H,5-11H2,1-4H3/t12-,13?,14+,15+,16?,17?,18+,19+,20?,21?,22+,23-,24?/m1/s1. The monoisotopic (exact) mass is 437 g/mol. The van der Waals surface area contributed by atoms with Gasteiger partial charge in [0.1, 0.15) is 0 Å². The molecule has 0 radical (unpaired) electrons. The van der Waals surface area contributed by atoms with Crippen molar-refractivity contribution >= 4 is 0 Å². The zero-order valence-electron chi connectivity index (χ0n) is 19.2. The van der Waals surface area contributed by atoms with Gasteiger partial charge in [0.05, 0.1) is 36.6 Å². The minimum absolute atomic E-state index is 0.0167. The molecule has 7 bridgehead atoms. The Kier molecular flexibility index (Phi) is 4.56. The Morgan fingerprint density at radius 2 is 1.84 bits per heavy atom. The molecule has 6 rings (SSSR count). The fourth-order valence-electron chi connectivity index (χ4n) is 10.7. The van der Waals surface area contributed by atoms with Crippen LogP contribution in [0, 0.1) is 40.4 Å². The van der Waals surface area contributed by atoms with Gasteiger partial charge in [0.2, 0.25) is 0 Å². The molecule has 0 aromatic heterocycles. The summed E-state index contributed by atoms with van der Waals surface area (Å²) in [6.45, 7) is 4.57. The number of aliphatic hydroxyl groups excluding tert-OH is 2. The van der Waals surface area contributed by atoms with E-state index in [2.05, 4.69) is 11.8 Å². The summed E-state index contributed by atoms with van der Waals surface area (Å²) in [6.07, 6.45) is 1.86. The summed E-state index contributed by atoms with van der Waals surface area (Å²) in [4.78, 5) is 2.52. The third-order valence-corrected chi connectivity index (χ3v) is 11.1. The summed E-state index contributed by atoms with van der Waals surface area (Å²) in [5.74, 6) is -0.366. The zero-order valence-corrected chi connectivity index (χ0v) is 19.2. The number of ether oxygens (including phenoxy) is 3. The van der Waals surface area contributed by atoms with E-state index in [9.17, 15) is 15.3 Å². The van der Waals surface area contributed by atoms with E-state index in [0.29, 0.717) is 13.0 Å². The number of piperidine rings is 1. The van der Waals surface area contributed by atoms with E-state index in [1.54, 1.807) is 14.2 Å². The molecule has 176 valence electrons. The molecule has 6 aliphatic rings. The molecule has 5 saturated carbocycles. The first-order valence-electron chi connectivity index (χ1n) is 12.2. The van der Waals surface area contributed by atoms with Gasteiger partial charge in [-0.25, -0.2) is 0 Å². The van der Waals surface area contributed by atoms with Crippen molar-refractivity contribution in [2.45, 2.75) is 68.7 Å². The molecule has 6 fully saturated rings. The minimum atomic E-state index is -1.13. The molecule has 6 unspecified atom stereocenters. The molecule has 0 aromatic carbocycles. The van der Waals surface area contributed by atoms with Crippen LogP contribution in [-0.4, -0.2) is 97.3 Å². The summed E-state index contributed by atoms with van der Waals surface area (Å²) in [7, 11) is 5.26. The van der Waals surface area contributed by atoms with E-state index in [1.165, 1.54) is 0 Å². The van der Waals surface area contributed by atoms with Crippen LogP contribution >= 0.6 is 0 Å². The highest BCUT2D eigenvalue weighted by atomic mass is 16.5. The first-order chi connectivity index (χ1) is 14.9. The largest absolute Gasteiger partial charge is 0.392 e. The summed E-state index contributed by atoms with van der Waals surface area (Å²) in [5.41, 5.74) is -1.55. The Balaban J connectivity index is 1.62. The smallest absolute Gasteiger partial charge is 0.0796 e. The van der Waals surface area contributed by atoms with Crippen LogP contribution in [0.1, 0.15) is 32.6 Å². The summed E-state index contributed by atoms with van der Waals surface area (Å²) < 4.78 is 17.9. The van der Waals surface area contributed by atoms with Gasteiger partial charge in [0, 0.05) is 74.8 Å². The maximum absolute atomic E-state index is 12.4. The number of likely N-dealkylation sites (tertiary alicyclic amines) is 1. The number of fused-ring (bicyclic) bond motifs is 2. The summed E-state index contributed by atoms with van der Waals surface area (Å²) >= 11 is 0. The molecule has 13 atom stereocenters. The van der Waals surface area contributed by atoms with Crippen LogP contribution in [0.15, 0.2) is 0 Å². The Morgan fingerprint density at radius 1 is 1.06 bits per heavy atom. The van der Waals surface area contributed by atoms with E-state index in [-0.39, 0.29) is 58.7 Å². The molecule has 1 spiro atoms. The average molecular weight is 438 g/mol. The maximum atomic E-state index is 12.4. The van der Waals surface area contributed by atoms with Gasteiger partial charge in [-0.3, -0.25) is 4.90 Å². The molecule has 1 aliphatic heterocycles. The SMILES string of the molecule is CCN1C[C@]2(COC)CC[C@H](OC)C34C5C[C@@H]6[C@@H](OC)C[C@](O)(C(C13)[C@H](O)C42)C5[C@H]6O. The topological polar surface area (TPSA) is 91.6 Å². The van der Waals surface area contributed by atoms with Crippen molar-refractivity contribution in [1.29, 1.82) is 0 Å². The molecule has 7 nitrogen and oxygen atoms in total. The van der Waals surface area contributed by atoms with Crippen molar-refractivity contribution in [3.05, 3.63) is 0 Å². The first-order valence-corrected chi connectivity index (χ1v) is 12.2. The third kappa shape index (κ3) is 2.12. The van der Waals surface area contributed by atoms with Gasteiger partial charge in [0.25, 0.3) is 0 Å². The summed E-state index contributed by atoms with van der Waals surface area (Å²) in [5, 5.41) is 35.9. The Bertz CT molecular complexity index is 752. The second-order valence-electron chi connectivity index (χ2n) is 11.6. The van der Waals surface area contributed by atoms with Crippen molar-refractivity contribution in [2.24, 2.45) is 40.4 Å². The van der Waals surface area contributed by atoms with Gasteiger partial charge in [-0.2, -0.15) is 0 Å². The highest BCUT2D eigenvalue weighted by Crippen LogP contribution is 2.79. The third-order valence-electron chi connectivity index (χ3n) is 11.1. The maximum Gasteiger partial charge on any atom is 0.0796 e. The lowest BCUT2D eigenvalue weighted by Crippen LogP contribution is -2.76. The van der Waals surface area contributed by atoms with Gasteiger partial charge < -0.3 is 29.5 Å². The van der Waals surface area contributed by atoms with Gasteiger partial charge in [-0.05, 0) is 31.7 Å². The molecule has 5 aliphatic carbocycles. The number of hydrogen-bond donors (Lipinski definition) is 3. The van der Waals surface area contributed by atoms with Crippen molar-refractivity contribution in [1.82, 2.24) is 4.90 Å². The van der Waals surface area contributed by atoms with Gasteiger partial charge in [-0.1, -0.05) is 6.92 Å². The second kappa shape index (κ2) is 6.65. The highest BCUT2D eigenvalue weighted by Gasteiger charge is 2.86. The average Bonchev–Trinajstić information content (AvgIpc) is 3.14. The molecule has 31 heavy (non-hydrogen) atoms. The van der Waals surface area contributed by atoms with Gasteiger partial charge in [-0.15, -0.1) is 0 Å². The van der Waals surface area contributed by atoms with Gasteiger partial charge >= 0.3 is 0 Å². The van der Waals surface area contributed by atoms with E-state index < -0.39 is 17.8 Å². The lowest BCUT2D eigenvalue weighted by atomic mass is 9.43. The van der Waals surface area contributed by atoms with Crippen LogP contribution < -0.4 is 0 Å². The van der Waals surface area contributed by atoms with Crippen molar-refractivity contribution in [3.63, 3.8) is 0 Å². The molecule has 0 aromatic rings. The number of hydrogen-bond acceptors (Lipinski definition) is 7. The fourth-order valence-corrected chi connectivity index (χ4v) is 10.7. The van der Waals surface area contributed by atoms with Crippen LogP contribution in [-0.2, 0) is 14.2 Å². The van der Waals surface area contributed by atoms with Crippen LogP contribution in [0.4, 0.5) is 0 Å². The Labute approximate surface area is 185 Å². The molecule has 7 heteroatoms. The van der Waals surface area contributed by atoms with Crippen molar-refractivity contribution in [2.75, 3.05) is 41.0 Å². The summed E-state index contributed by atoms with van der Waals surface area (Å²) in [6, 6.07) is 0.0561. The lowest BCUT2D eigenvalue weighted by molar-refractivity contribution is -0.276. The number of methoxy groups -OCH3 is 3. The van der Waals surface area contributed by atoms with E-state index in [1.807, 2.05) is 7.11 Å². The molecule has 3 N–H and O–H groups in total. The van der Waals surface area contributed by atoms with E-state index in [4.69, 9.17) is 14.2 Å². The quantitative estimate of drug-likeness (QED) is 0.577. The number of rotatable bonds is 5. The minimum Gasteiger partial charge on any atom is -0.392 e.